The highest BCUT2D eigenvalue weighted by Gasteiger charge is 2.22. The maximum Gasteiger partial charge on any atom is 0.00823 e. The monoisotopic (exact) mass is 210 g/mol. The van der Waals surface area contributed by atoms with Gasteiger partial charge in [0, 0.05) is 12.1 Å². The smallest absolute Gasteiger partial charge is 0.00823 e. The summed E-state index contributed by atoms with van der Waals surface area (Å²) in [4.78, 5) is 2.64. The highest BCUT2D eigenvalue weighted by Crippen LogP contribution is 2.21. The van der Waals surface area contributed by atoms with Gasteiger partial charge < -0.3 is 10.2 Å². The third kappa shape index (κ3) is 3.46. The Labute approximate surface area is 94.4 Å². The summed E-state index contributed by atoms with van der Waals surface area (Å²) in [6.07, 6.45) is 9.77. The van der Waals surface area contributed by atoms with Crippen molar-refractivity contribution in [2.24, 2.45) is 0 Å². The lowest BCUT2D eigenvalue weighted by Gasteiger charge is -2.31. The summed E-state index contributed by atoms with van der Waals surface area (Å²) in [6.45, 7) is 6.24. The lowest BCUT2D eigenvalue weighted by molar-refractivity contribution is 0.268. The molecular formula is C13H26N2. The van der Waals surface area contributed by atoms with Crippen LogP contribution in [-0.4, -0.2) is 36.6 Å². The Morgan fingerprint density at radius 2 is 1.73 bits per heavy atom. The van der Waals surface area contributed by atoms with E-state index < -0.39 is 0 Å². The number of rotatable bonds is 4. The molecule has 2 heteroatoms. The van der Waals surface area contributed by atoms with Crippen LogP contribution in [0.25, 0.3) is 0 Å². The van der Waals surface area contributed by atoms with Gasteiger partial charge in [0.2, 0.25) is 0 Å². The summed E-state index contributed by atoms with van der Waals surface area (Å²) < 4.78 is 0. The molecule has 1 unspecified atom stereocenters. The van der Waals surface area contributed by atoms with Gasteiger partial charge in [0.05, 0.1) is 0 Å². The third-order valence-electron chi connectivity index (χ3n) is 3.94. The Bertz CT molecular complexity index is 177. The van der Waals surface area contributed by atoms with Gasteiger partial charge in [-0.2, -0.15) is 0 Å². The van der Waals surface area contributed by atoms with Gasteiger partial charge in [0.15, 0.2) is 0 Å². The maximum atomic E-state index is 3.83. The Kier molecular flexibility index (Phi) is 4.45. The molecule has 2 fully saturated rings. The minimum Gasteiger partial charge on any atom is -0.311 e. The summed E-state index contributed by atoms with van der Waals surface area (Å²) >= 11 is 0. The number of hydrogen-bond donors (Lipinski definition) is 1. The molecule has 0 spiro atoms. The molecule has 1 N–H and O–H groups in total. The minimum atomic E-state index is 0.817. The van der Waals surface area contributed by atoms with Gasteiger partial charge >= 0.3 is 0 Å². The Balaban J connectivity index is 1.68. The predicted octanol–water partition coefficient (Wildman–Crippen LogP) is 2.39. The summed E-state index contributed by atoms with van der Waals surface area (Å²) in [5.41, 5.74) is 0. The maximum absolute atomic E-state index is 3.83. The average molecular weight is 210 g/mol. The molecule has 1 saturated heterocycles. The van der Waals surface area contributed by atoms with E-state index in [9.17, 15) is 0 Å². The lowest BCUT2D eigenvalue weighted by atomic mass is 9.91. The van der Waals surface area contributed by atoms with E-state index in [0.29, 0.717) is 0 Å². The van der Waals surface area contributed by atoms with Crippen molar-refractivity contribution in [1.29, 1.82) is 0 Å². The fourth-order valence-corrected chi connectivity index (χ4v) is 2.77. The van der Waals surface area contributed by atoms with Crippen molar-refractivity contribution in [3.8, 4) is 0 Å². The van der Waals surface area contributed by atoms with Gasteiger partial charge in [0.25, 0.3) is 0 Å². The van der Waals surface area contributed by atoms with Crippen LogP contribution in [0.1, 0.15) is 51.9 Å². The molecule has 15 heavy (non-hydrogen) atoms. The van der Waals surface area contributed by atoms with E-state index in [2.05, 4.69) is 17.1 Å². The molecule has 0 aromatic heterocycles. The molecule has 0 bridgehead atoms. The quantitative estimate of drug-likeness (QED) is 0.766. The van der Waals surface area contributed by atoms with E-state index in [1.165, 1.54) is 64.6 Å². The van der Waals surface area contributed by atoms with E-state index in [1.807, 2.05) is 0 Å². The van der Waals surface area contributed by atoms with E-state index in [4.69, 9.17) is 0 Å². The van der Waals surface area contributed by atoms with E-state index in [1.54, 1.807) is 0 Å². The van der Waals surface area contributed by atoms with Crippen molar-refractivity contribution < 1.29 is 0 Å². The first kappa shape index (κ1) is 11.4. The van der Waals surface area contributed by atoms with Crippen LogP contribution >= 0.6 is 0 Å². The molecule has 0 radical (unpaired) electrons. The Morgan fingerprint density at radius 1 is 1.00 bits per heavy atom. The van der Waals surface area contributed by atoms with E-state index in [-0.39, 0.29) is 0 Å². The third-order valence-corrected chi connectivity index (χ3v) is 3.94. The molecule has 1 heterocycles. The van der Waals surface area contributed by atoms with Crippen molar-refractivity contribution in [3.63, 3.8) is 0 Å². The van der Waals surface area contributed by atoms with Crippen LogP contribution in [0.2, 0.25) is 0 Å². The van der Waals surface area contributed by atoms with Crippen molar-refractivity contribution in [3.05, 3.63) is 0 Å². The highest BCUT2D eigenvalue weighted by atomic mass is 15.1. The molecule has 2 aliphatic rings. The summed E-state index contributed by atoms with van der Waals surface area (Å²) in [5.74, 6) is 0. The molecule has 0 amide bonds. The van der Waals surface area contributed by atoms with Gasteiger partial charge in [-0.15, -0.1) is 0 Å². The van der Waals surface area contributed by atoms with E-state index >= 15 is 0 Å². The molecule has 88 valence electrons. The molecule has 1 aliphatic heterocycles. The molecular weight excluding hydrogens is 184 g/mol. The second-order valence-corrected chi connectivity index (χ2v) is 5.26. The van der Waals surface area contributed by atoms with Gasteiger partial charge in [0.1, 0.15) is 0 Å². The van der Waals surface area contributed by atoms with Crippen molar-refractivity contribution >= 4 is 0 Å². The molecule has 1 aliphatic carbocycles. The average Bonchev–Trinajstić information content (AvgIpc) is 2.38. The number of nitrogens with one attached hydrogen (secondary N) is 1. The Hall–Kier alpha value is -0.0800. The van der Waals surface area contributed by atoms with Crippen LogP contribution in [0.15, 0.2) is 0 Å². The zero-order chi connectivity index (χ0) is 10.5. The first-order valence-corrected chi connectivity index (χ1v) is 6.87. The highest BCUT2D eigenvalue weighted by molar-refractivity contribution is 4.83. The fraction of sp³-hybridized carbons (Fsp3) is 1.00. The first-order valence-electron chi connectivity index (χ1n) is 6.87. The fourth-order valence-electron chi connectivity index (χ4n) is 2.77. The Morgan fingerprint density at radius 3 is 2.40 bits per heavy atom. The van der Waals surface area contributed by atoms with Gasteiger partial charge in [-0.05, 0) is 58.2 Å². The summed E-state index contributed by atoms with van der Waals surface area (Å²) in [6, 6.07) is 1.69. The zero-order valence-corrected chi connectivity index (χ0v) is 10.2. The van der Waals surface area contributed by atoms with Gasteiger partial charge in [-0.1, -0.05) is 13.3 Å². The number of hydrogen-bond acceptors (Lipinski definition) is 2. The van der Waals surface area contributed by atoms with Crippen LogP contribution < -0.4 is 5.32 Å². The number of likely N-dealkylation sites (tertiary alicyclic amines) is 1. The second-order valence-electron chi connectivity index (χ2n) is 5.26. The molecule has 0 aromatic carbocycles. The molecule has 2 nitrogen and oxygen atoms in total. The van der Waals surface area contributed by atoms with Crippen LogP contribution in [0.4, 0.5) is 0 Å². The molecule has 1 saturated carbocycles. The van der Waals surface area contributed by atoms with Crippen LogP contribution in [0.5, 0.6) is 0 Å². The second kappa shape index (κ2) is 5.86. The standard InChI is InChI=1S/C13H26N2/c1-2-9-15-10-4-7-13(8-11-15)14-12-5-3-6-12/h12-14H,2-11H2,1H3. The minimum absolute atomic E-state index is 0.817. The van der Waals surface area contributed by atoms with Crippen LogP contribution in [0, 0.1) is 0 Å². The van der Waals surface area contributed by atoms with Gasteiger partial charge in [-0.25, -0.2) is 0 Å². The molecule has 0 aromatic rings. The van der Waals surface area contributed by atoms with Crippen molar-refractivity contribution in [2.45, 2.75) is 64.0 Å². The molecule has 2 rings (SSSR count). The van der Waals surface area contributed by atoms with Crippen LogP contribution in [0.3, 0.4) is 0 Å². The summed E-state index contributed by atoms with van der Waals surface area (Å²) in [7, 11) is 0. The predicted molar refractivity (Wildman–Crippen MR) is 65.1 cm³/mol. The van der Waals surface area contributed by atoms with Gasteiger partial charge in [-0.3, -0.25) is 0 Å². The topological polar surface area (TPSA) is 15.3 Å². The SMILES string of the molecule is CCCN1CCCC(NC2CCC2)CC1. The van der Waals surface area contributed by atoms with Crippen molar-refractivity contribution in [2.75, 3.05) is 19.6 Å². The number of nitrogens with zero attached hydrogens (tertiary/aromatic N) is 1. The zero-order valence-electron chi connectivity index (χ0n) is 10.2. The normalized spacial score (nSPS) is 29.8. The summed E-state index contributed by atoms with van der Waals surface area (Å²) in [5, 5.41) is 3.83. The lowest BCUT2D eigenvalue weighted by Crippen LogP contribution is -2.42. The largest absolute Gasteiger partial charge is 0.311 e. The first-order chi connectivity index (χ1) is 7.38. The van der Waals surface area contributed by atoms with Crippen molar-refractivity contribution in [1.82, 2.24) is 10.2 Å². The van der Waals surface area contributed by atoms with E-state index in [0.717, 1.165) is 12.1 Å². The molecule has 1 atom stereocenters. The van der Waals surface area contributed by atoms with Crippen LogP contribution in [-0.2, 0) is 0 Å².